The normalized spacial score (nSPS) is 30.9. The number of carbonyl (C=O) groups excluding carboxylic acids is 1. The number of carbonyl (C=O) groups is 2. The smallest absolute Gasteiger partial charge is 0.290 e. The molecule has 1 amide bonds. The second-order valence-electron chi connectivity index (χ2n) is 8.00. The highest BCUT2D eigenvalue weighted by molar-refractivity contribution is 5.96. The molecule has 0 unspecified atom stereocenters. The van der Waals surface area contributed by atoms with Crippen LogP contribution in [0.5, 0.6) is 0 Å². The van der Waals surface area contributed by atoms with E-state index in [1.54, 1.807) is 0 Å². The molecule has 1 N–H and O–H groups in total. The van der Waals surface area contributed by atoms with E-state index in [1.807, 2.05) is 18.7 Å². The lowest BCUT2D eigenvalue weighted by atomic mass is 9.73. The number of ether oxygens (including phenoxy) is 1. The van der Waals surface area contributed by atoms with Gasteiger partial charge in [-0.3, -0.25) is 9.59 Å². The maximum Gasteiger partial charge on any atom is 0.290 e. The van der Waals surface area contributed by atoms with Gasteiger partial charge in [-0.05, 0) is 40.8 Å². The van der Waals surface area contributed by atoms with Gasteiger partial charge in [0, 0.05) is 24.9 Å². The molecule has 4 heterocycles. The molecule has 8 nitrogen and oxygen atoms in total. The van der Waals surface area contributed by atoms with Crippen molar-refractivity contribution in [2.45, 2.75) is 38.4 Å². The molecule has 8 heteroatoms. The van der Waals surface area contributed by atoms with Crippen LogP contribution in [-0.4, -0.2) is 82.7 Å². The number of amides is 1. The average Bonchev–Trinajstić information content (AvgIpc) is 3.24. The van der Waals surface area contributed by atoms with Crippen LogP contribution in [0.4, 0.5) is 0 Å². The Labute approximate surface area is 159 Å². The van der Waals surface area contributed by atoms with Crippen molar-refractivity contribution >= 4 is 12.4 Å². The molecule has 3 aliphatic rings. The molecule has 0 saturated carbocycles. The highest BCUT2D eigenvalue weighted by Crippen LogP contribution is 2.55. The number of hydrogen-bond donors (Lipinski definition) is 1. The lowest BCUT2D eigenvalue weighted by Gasteiger charge is -2.30. The van der Waals surface area contributed by atoms with E-state index < -0.39 is 0 Å². The molecule has 0 aromatic carbocycles. The van der Waals surface area contributed by atoms with Crippen molar-refractivity contribution < 1.29 is 19.4 Å². The van der Waals surface area contributed by atoms with E-state index in [1.165, 1.54) is 6.33 Å². The molecule has 4 rings (SSSR count). The van der Waals surface area contributed by atoms with Crippen LogP contribution in [-0.2, 0) is 9.53 Å². The minimum absolute atomic E-state index is 0.0602. The molecule has 3 fully saturated rings. The van der Waals surface area contributed by atoms with Crippen molar-refractivity contribution in [3.05, 3.63) is 23.3 Å². The van der Waals surface area contributed by atoms with E-state index in [0.717, 1.165) is 37.3 Å². The molecular weight excluding hydrogens is 348 g/mol. The van der Waals surface area contributed by atoms with Gasteiger partial charge in [-0.1, -0.05) is 0 Å². The zero-order valence-electron chi connectivity index (χ0n) is 16.4. The van der Waals surface area contributed by atoms with E-state index in [-0.39, 0.29) is 18.0 Å². The number of rotatable bonds is 3. The molecule has 1 aromatic heterocycles. The number of aryl methyl sites for hydroxylation is 2. The first-order valence-electron chi connectivity index (χ1n) is 9.31. The van der Waals surface area contributed by atoms with Crippen molar-refractivity contribution in [1.82, 2.24) is 19.8 Å². The Kier molecular flexibility index (Phi) is 5.48. The van der Waals surface area contributed by atoms with E-state index in [9.17, 15) is 4.79 Å². The fourth-order valence-electron chi connectivity index (χ4n) is 5.07. The number of hydrogen-bond acceptors (Lipinski definition) is 6. The second-order valence-corrected chi connectivity index (χ2v) is 8.00. The molecule has 0 radical (unpaired) electrons. The van der Waals surface area contributed by atoms with Gasteiger partial charge in [0.1, 0.15) is 6.33 Å². The van der Waals surface area contributed by atoms with Crippen LogP contribution in [0.15, 0.2) is 6.33 Å². The van der Waals surface area contributed by atoms with Crippen molar-refractivity contribution in [2.75, 3.05) is 33.7 Å². The van der Waals surface area contributed by atoms with E-state index in [2.05, 4.69) is 29.0 Å². The molecule has 3 aliphatic heterocycles. The SMILES string of the molecule is Cc1ncnc(C)c1C(=O)N1C[C@H]2[C@@H](CN(C)C)[C@@H]3CC[C@@]2(C1)O3.O=CO. The van der Waals surface area contributed by atoms with Crippen LogP contribution in [0.2, 0.25) is 0 Å². The fourth-order valence-corrected chi connectivity index (χ4v) is 5.07. The average molecular weight is 376 g/mol. The summed E-state index contributed by atoms with van der Waals surface area (Å²) in [5.74, 6) is 1.04. The van der Waals surface area contributed by atoms with Crippen LogP contribution in [0, 0.1) is 25.7 Å². The molecule has 2 bridgehead atoms. The molecule has 27 heavy (non-hydrogen) atoms. The van der Waals surface area contributed by atoms with Gasteiger partial charge >= 0.3 is 0 Å². The lowest BCUT2D eigenvalue weighted by Crippen LogP contribution is -2.40. The Morgan fingerprint density at radius 3 is 2.63 bits per heavy atom. The van der Waals surface area contributed by atoms with Gasteiger partial charge in [-0.15, -0.1) is 0 Å². The Bertz CT molecular complexity index is 705. The monoisotopic (exact) mass is 376 g/mol. The lowest BCUT2D eigenvalue weighted by molar-refractivity contribution is -0.122. The summed E-state index contributed by atoms with van der Waals surface area (Å²) in [6.07, 6.45) is 4.11. The molecule has 1 aromatic rings. The van der Waals surface area contributed by atoms with Gasteiger partial charge < -0.3 is 19.6 Å². The third-order valence-corrected chi connectivity index (χ3v) is 6.09. The van der Waals surface area contributed by atoms with Crippen LogP contribution >= 0.6 is 0 Å². The predicted molar refractivity (Wildman–Crippen MR) is 98.5 cm³/mol. The quantitative estimate of drug-likeness (QED) is 0.786. The Morgan fingerprint density at radius 2 is 2.04 bits per heavy atom. The number of fused-ring (bicyclic) bond motifs is 1. The summed E-state index contributed by atoms with van der Waals surface area (Å²) in [7, 11) is 4.23. The first-order chi connectivity index (χ1) is 12.8. The fraction of sp³-hybridized carbons (Fsp3) is 0.684. The van der Waals surface area contributed by atoms with Gasteiger partial charge in [0.05, 0.1) is 35.2 Å². The summed E-state index contributed by atoms with van der Waals surface area (Å²) in [6, 6.07) is 0. The van der Waals surface area contributed by atoms with Gasteiger partial charge in [-0.25, -0.2) is 9.97 Å². The van der Waals surface area contributed by atoms with E-state index in [0.29, 0.717) is 30.0 Å². The summed E-state index contributed by atoms with van der Waals surface area (Å²) in [5, 5.41) is 6.89. The topological polar surface area (TPSA) is 95.9 Å². The zero-order chi connectivity index (χ0) is 19.8. The zero-order valence-corrected chi connectivity index (χ0v) is 16.4. The highest BCUT2D eigenvalue weighted by Gasteiger charge is 2.63. The Morgan fingerprint density at radius 1 is 1.41 bits per heavy atom. The molecule has 3 saturated heterocycles. The van der Waals surface area contributed by atoms with Crippen LogP contribution < -0.4 is 0 Å². The third-order valence-electron chi connectivity index (χ3n) is 6.09. The minimum Gasteiger partial charge on any atom is -0.483 e. The standard InChI is InChI=1S/C18H26N4O2.CH2O2/c1-11-16(12(2)20-10-19-11)17(23)22-8-14-13(7-21(3)4)15-5-6-18(14,9-22)24-15;2-1-3/h10,13-15H,5-9H2,1-4H3;1H,(H,2,3)/t13-,14+,15+,18+;/m1./s1. The molecular formula is C19H28N4O4. The molecule has 148 valence electrons. The number of nitrogens with zero attached hydrogens (tertiary/aromatic N) is 4. The van der Waals surface area contributed by atoms with Crippen molar-refractivity contribution in [2.24, 2.45) is 11.8 Å². The van der Waals surface area contributed by atoms with Crippen molar-refractivity contribution in [3.8, 4) is 0 Å². The van der Waals surface area contributed by atoms with Crippen LogP contribution in [0.25, 0.3) is 0 Å². The first kappa shape index (κ1) is 19.7. The van der Waals surface area contributed by atoms with Crippen LogP contribution in [0.1, 0.15) is 34.6 Å². The Hall–Kier alpha value is -2.06. The largest absolute Gasteiger partial charge is 0.483 e. The van der Waals surface area contributed by atoms with Gasteiger partial charge in [0.2, 0.25) is 0 Å². The summed E-state index contributed by atoms with van der Waals surface area (Å²) < 4.78 is 6.42. The van der Waals surface area contributed by atoms with Crippen molar-refractivity contribution in [3.63, 3.8) is 0 Å². The third kappa shape index (κ3) is 3.43. The van der Waals surface area contributed by atoms with Gasteiger partial charge in [-0.2, -0.15) is 0 Å². The Balaban J connectivity index is 0.000000659. The van der Waals surface area contributed by atoms with Gasteiger partial charge in [0.15, 0.2) is 0 Å². The van der Waals surface area contributed by atoms with E-state index in [4.69, 9.17) is 14.6 Å². The van der Waals surface area contributed by atoms with E-state index >= 15 is 0 Å². The molecule has 1 spiro atoms. The predicted octanol–water partition coefficient (Wildman–Crippen LogP) is 0.975. The summed E-state index contributed by atoms with van der Waals surface area (Å²) in [5.41, 5.74) is 2.07. The van der Waals surface area contributed by atoms with Gasteiger partial charge in [0.25, 0.3) is 12.4 Å². The number of carboxylic acid groups (broad SMARTS) is 1. The summed E-state index contributed by atoms with van der Waals surface area (Å²) in [6.45, 7) is 6.06. The number of aromatic nitrogens is 2. The molecule has 4 atom stereocenters. The van der Waals surface area contributed by atoms with Crippen molar-refractivity contribution in [1.29, 1.82) is 0 Å². The summed E-state index contributed by atoms with van der Waals surface area (Å²) >= 11 is 0. The first-order valence-corrected chi connectivity index (χ1v) is 9.31. The maximum absolute atomic E-state index is 13.1. The summed E-state index contributed by atoms with van der Waals surface area (Å²) in [4.78, 5) is 34.1. The minimum atomic E-state index is -0.250. The van der Waals surface area contributed by atoms with Crippen LogP contribution in [0.3, 0.4) is 0 Å². The molecule has 0 aliphatic carbocycles. The maximum atomic E-state index is 13.1. The number of likely N-dealkylation sites (tertiary alicyclic amines) is 1. The highest BCUT2D eigenvalue weighted by atomic mass is 16.5. The second kappa shape index (κ2) is 7.52.